The van der Waals surface area contributed by atoms with Gasteiger partial charge in [-0.1, -0.05) is 36.4 Å². The fourth-order valence-corrected chi connectivity index (χ4v) is 2.90. The number of fused-ring (bicyclic) bond motifs is 1. The van der Waals surface area contributed by atoms with Crippen molar-refractivity contribution in [2.75, 3.05) is 4.90 Å². The Morgan fingerprint density at radius 2 is 2.05 bits per heavy atom. The summed E-state index contributed by atoms with van der Waals surface area (Å²) in [6, 6.07) is 17.1. The minimum Gasteiger partial charge on any atom is -0.384 e. The molecule has 0 spiro atoms. The summed E-state index contributed by atoms with van der Waals surface area (Å²) in [7, 11) is 0. The highest BCUT2D eigenvalue weighted by Gasteiger charge is 2.25. The summed E-state index contributed by atoms with van der Waals surface area (Å²) in [5.41, 5.74) is 10.3. The molecule has 0 radical (unpaired) electrons. The number of amidine groups is 1. The van der Waals surface area contributed by atoms with Crippen LogP contribution in [-0.2, 0) is 13.0 Å². The molecule has 1 aliphatic rings. The Hall–Kier alpha value is -2.29. The fourth-order valence-electron chi connectivity index (χ4n) is 2.90. The second-order valence-corrected chi connectivity index (χ2v) is 5.42. The van der Waals surface area contributed by atoms with E-state index < -0.39 is 0 Å². The fraction of sp³-hybridized carbons (Fsp3) is 0.235. The van der Waals surface area contributed by atoms with E-state index in [1.807, 2.05) is 18.2 Å². The van der Waals surface area contributed by atoms with Crippen LogP contribution in [-0.4, -0.2) is 11.9 Å². The van der Waals surface area contributed by atoms with Gasteiger partial charge < -0.3 is 10.6 Å². The van der Waals surface area contributed by atoms with Gasteiger partial charge in [0, 0.05) is 23.8 Å². The number of nitrogens with two attached hydrogens (primary N) is 1. The molecule has 0 aliphatic carbocycles. The lowest BCUT2D eigenvalue weighted by molar-refractivity contribution is 0.672. The Bertz CT molecular complexity index is 648. The summed E-state index contributed by atoms with van der Waals surface area (Å²) in [4.78, 5) is 2.43. The van der Waals surface area contributed by atoms with Crippen LogP contribution in [0.3, 0.4) is 0 Å². The molecule has 2 aromatic rings. The van der Waals surface area contributed by atoms with E-state index in [2.05, 4.69) is 42.2 Å². The van der Waals surface area contributed by atoms with Crippen molar-refractivity contribution in [3.63, 3.8) is 0 Å². The SMILES string of the molecule is CC1Cc2ccccc2N1Cc1cccc(C(=N)N)c1. The van der Waals surface area contributed by atoms with Crippen LogP contribution in [0, 0.1) is 5.41 Å². The van der Waals surface area contributed by atoms with Crippen molar-refractivity contribution in [3.8, 4) is 0 Å². The van der Waals surface area contributed by atoms with Gasteiger partial charge in [-0.05, 0) is 36.6 Å². The molecule has 102 valence electrons. The topological polar surface area (TPSA) is 53.1 Å². The Labute approximate surface area is 119 Å². The number of nitrogen functional groups attached to an aromatic ring is 1. The molecule has 1 aliphatic heterocycles. The van der Waals surface area contributed by atoms with Gasteiger partial charge in [-0.25, -0.2) is 0 Å². The molecule has 3 nitrogen and oxygen atoms in total. The van der Waals surface area contributed by atoms with Gasteiger partial charge in [0.15, 0.2) is 0 Å². The molecule has 1 heterocycles. The first-order valence-corrected chi connectivity index (χ1v) is 6.93. The standard InChI is InChI=1S/C17H19N3/c1-12-9-14-6-2-3-8-16(14)20(12)11-13-5-4-7-15(10-13)17(18)19/h2-8,10,12H,9,11H2,1H3,(H3,18,19). The Morgan fingerprint density at radius 1 is 1.25 bits per heavy atom. The van der Waals surface area contributed by atoms with Crippen LogP contribution in [0.4, 0.5) is 5.69 Å². The number of rotatable bonds is 3. The molecule has 3 heteroatoms. The average molecular weight is 265 g/mol. The molecule has 0 saturated heterocycles. The summed E-state index contributed by atoms with van der Waals surface area (Å²) in [5.74, 6) is 0.127. The molecule has 3 rings (SSSR count). The summed E-state index contributed by atoms with van der Waals surface area (Å²) in [5, 5.41) is 7.54. The third kappa shape index (κ3) is 2.27. The highest BCUT2D eigenvalue weighted by atomic mass is 15.2. The van der Waals surface area contributed by atoms with E-state index in [4.69, 9.17) is 11.1 Å². The van der Waals surface area contributed by atoms with Crippen LogP contribution in [0.1, 0.15) is 23.6 Å². The molecule has 20 heavy (non-hydrogen) atoms. The number of benzene rings is 2. The van der Waals surface area contributed by atoms with Crippen molar-refractivity contribution in [1.29, 1.82) is 5.41 Å². The minimum absolute atomic E-state index is 0.127. The maximum Gasteiger partial charge on any atom is 0.122 e. The quantitative estimate of drug-likeness (QED) is 0.662. The van der Waals surface area contributed by atoms with Gasteiger partial charge >= 0.3 is 0 Å². The minimum atomic E-state index is 0.127. The van der Waals surface area contributed by atoms with Gasteiger partial charge in [0.1, 0.15) is 5.84 Å². The summed E-state index contributed by atoms with van der Waals surface area (Å²) < 4.78 is 0. The van der Waals surface area contributed by atoms with Crippen LogP contribution in [0.2, 0.25) is 0 Å². The summed E-state index contributed by atoms with van der Waals surface area (Å²) in [6.45, 7) is 3.12. The van der Waals surface area contributed by atoms with Crippen molar-refractivity contribution in [3.05, 3.63) is 65.2 Å². The van der Waals surface area contributed by atoms with Crippen molar-refractivity contribution in [2.24, 2.45) is 5.73 Å². The van der Waals surface area contributed by atoms with Crippen molar-refractivity contribution < 1.29 is 0 Å². The number of nitrogens with one attached hydrogen (secondary N) is 1. The van der Waals surface area contributed by atoms with Gasteiger partial charge in [-0.3, -0.25) is 5.41 Å². The molecule has 0 saturated carbocycles. The predicted molar refractivity (Wildman–Crippen MR) is 83.2 cm³/mol. The second kappa shape index (κ2) is 5.00. The zero-order valence-electron chi connectivity index (χ0n) is 11.6. The number of hydrogen-bond donors (Lipinski definition) is 2. The first kappa shape index (κ1) is 12.7. The Kier molecular flexibility index (Phi) is 3.18. The number of para-hydroxylation sites is 1. The first-order chi connectivity index (χ1) is 9.65. The van der Waals surface area contributed by atoms with Crippen LogP contribution >= 0.6 is 0 Å². The number of nitrogens with zero attached hydrogens (tertiary/aromatic N) is 1. The van der Waals surface area contributed by atoms with Crippen molar-refractivity contribution >= 4 is 11.5 Å². The molecule has 1 unspecified atom stereocenters. The van der Waals surface area contributed by atoms with Crippen LogP contribution in [0.15, 0.2) is 48.5 Å². The van der Waals surface area contributed by atoms with Crippen LogP contribution in [0.25, 0.3) is 0 Å². The third-order valence-corrected chi connectivity index (χ3v) is 3.94. The largest absolute Gasteiger partial charge is 0.384 e. The average Bonchev–Trinajstić information content (AvgIpc) is 2.76. The highest BCUT2D eigenvalue weighted by Crippen LogP contribution is 2.33. The molecular weight excluding hydrogens is 246 g/mol. The van der Waals surface area contributed by atoms with Crippen LogP contribution in [0.5, 0.6) is 0 Å². The van der Waals surface area contributed by atoms with Crippen LogP contribution < -0.4 is 10.6 Å². The van der Waals surface area contributed by atoms with Gasteiger partial charge in [-0.15, -0.1) is 0 Å². The van der Waals surface area contributed by atoms with Gasteiger partial charge in [0.2, 0.25) is 0 Å². The molecule has 2 aromatic carbocycles. The second-order valence-electron chi connectivity index (χ2n) is 5.42. The zero-order valence-corrected chi connectivity index (χ0v) is 11.6. The monoisotopic (exact) mass is 265 g/mol. The predicted octanol–water partition coefficient (Wildman–Crippen LogP) is 2.92. The van der Waals surface area contributed by atoms with E-state index >= 15 is 0 Å². The van der Waals surface area contributed by atoms with E-state index in [0.717, 1.165) is 18.5 Å². The maximum atomic E-state index is 7.54. The molecule has 3 N–H and O–H groups in total. The Balaban J connectivity index is 1.88. The lowest BCUT2D eigenvalue weighted by atomic mass is 10.1. The number of hydrogen-bond acceptors (Lipinski definition) is 2. The lowest BCUT2D eigenvalue weighted by Crippen LogP contribution is -2.28. The lowest BCUT2D eigenvalue weighted by Gasteiger charge is -2.25. The van der Waals surface area contributed by atoms with Gasteiger partial charge in [-0.2, -0.15) is 0 Å². The summed E-state index contributed by atoms with van der Waals surface area (Å²) >= 11 is 0. The molecule has 0 amide bonds. The molecule has 0 aromatic heterocycles. The van der Waals surface area contributed by atoms with E-state index in [1.165, 1.54) is 16.8 Å². The molecule has 0 bridgehead atoms. The maximum absolute atomic E-state index is 7.54. The van der Waals surface area contributed by atoms with Crippen molar-refractivity contribution in [1.82, 2.24) is 0 Å². The van der Waals surface area contributed by atoms with Gasteiger partial charge in [0.05, 0.1) is 0 Å². The normalized spacial score (nSPS) is 17.1. The van der Waals surface area contributed by atoms with E-state index in [0.29, 0.717) is 6.04 Å². The van der Waals surface area contributed by atoms with Gasteiger partial charge in [0.25, 0.3) is 0 Å². The molecule has 1 atom stereocenters. The summed E-state index contributed by atoms with van der Waals surface area (Å²) in [6.07, 6.45) is 1.10. The zero-order chi connectivity index (χ0) is 14.1. The third-order valence-electron chi connectivity index (χ3n) is 3.94. The number of anilines is 1. The Morgan fingerprint density at radius 3 is 2.85 bits per heavy atom. The van der Waals surface area contributed by atoms with E-state index in [1.54, 1.807) is 0 Å². The van der Waals surface area contributed by atoms with E-state index in [9.17, 15) is 0 Å². The first-order valence-electron chi connectivity index (χ1n) is 6.93. The van der Waals surface area contributed by atoms with E-state index in [-0.39, 0.29) is 5.84 Å². The molecular formula is C17H19N3. The molecule has 0 fully saturated rings. The smallest absolute Gasteiger partial charge is 0.122 e. The highest BCUT2D eigenvalue weighted by molar-refractivity contribution is 5.95. The van der Waals surface area contributed by atoms with Crippen molar-refractivity contribution in [2.45, 2.75) is 25.9 Å².